The third-order valence-electron chi connectivity index (χ3n) is 5.94. The minimum Gasteiger partial charge on any atom is -0.339 e. The van der Waals surface area contributed by atoms with Crippen LogP contribution in [0.2, 0.25) is 0 Å². The van der Waals surface area contributed by atoms with Crippen molar-refractivity contribution in [3.05, 3.63) is 57.8 Å². The first kappa shape index (κ1) is 18.2. The molecule has 140 valence electrons. The molecule has 0 spiro atoms. The Balaban J connectivity index is 1.39. The van der Waals surface area contributed by atoms with Crippen molar-refractivity contribution in [1.29, 1.82) is 5.26 Å². The monoisotopic (exact) mass is 379 g/mol. The quantitative estimate of drug-likeness (QED) is 0.796. The first-order chi connectivity index (χ1) is 13.2. The average Bonchev–Trinajstić information content (AvgIpc) is 3.21. The summed E-state index contributed by atoms with van der Waals surface area (Å²) in [6, 6.07) is 14.8. The summed E-state index contributed by atoms with van der Waals surface area (Å²) >= 11 is 1.77. The summed E-state index contributed by atoms with van der Waals surface area (Å²) in [5.41, 5.74) is 1.89. The SMILES string of the molecule is N#Cc1ccccc1CN1CC[C@@H]2[C@@H](CCC(=O)N2CCc2cccs2)C1. The van der Waals surface area contributed by atoms with E-state index >= 15 is 0 Å². The highest BCUT2D eigenvalue weighted by Gasteiger charge is 2.39. The lowest BCUT2D eigenvalue weighted by Gasteiger charge is -2.47. The molecule has 0 N–H and O–H groups in total. The molecule has 2 aromatic rings. The highest BCUT2D eigenvalue weighted by atomic mass is 32.1. The molecule has 1 aromatic carbocycles. The van der Waals surface area contributed by atoms with Crippen LogP contribution in [0.5, 0.6) is 0 Å². The average molecular weight is 380 g/mol. The number of thiophene rings is 1. The molecule has 0 saturated carbocycles. The van der Waals surface area contributed by atoms with Gasteiger partial charge < -0.3 is 4.90 Å². The smallest absolute Gasteiger partial charge is 0.222 e. The Labute approximate surface area is 165 Å². The highest BCUT2D eigenvalue weighted by molar-refractivity contribution is 7.09. The third-order valence-corrected chi connectivity index (χ3v) is 6.87. The second-order valence-corrected chi connectivity index (χ2v) is 8.61. The molecule has 2 atom stereocenters. The Bertz CT molecular complexity index is 826. The van der Waals surface area contributed by atoms with Gasteiger partial charge in [-0.1, -0.05) is 24.3 Å². The minimum absolute atomic E-state index is 0.330. The highest BCUT2D eigenvalue weighted by Crippen LogP contribution is 2.32. The second-order valence-electron chi connectivity index (χ2n) is 7.58. The number of carbonyl (C=O) groups excluding carboxylic acids is 1. The van der Waals surface area contributed by atoms with Crippen LogP contribution in [0, 0.1) is 17.2 Å². The number of rotatable bonds is 5. The zero-order valence-corrected chi connectivity index (χ0v) is 16.3. The van der Waals surface area contributed by atoms with Crippen LogP contribution in [-0.2, 0) is 17.8 Å². The van der Waals surface area contributed by atoms with Crippen molar-refractivity contribution in [3.8, 4) is 6.07 Å². The predicted octanol–water partition coefficient (Wildman–Crippen LogP) is 3.68. The molecule has 2 aliphatic heterocycles. The number of hydrogen-bond donors (Lipinski definition) is 0. The largest absolute Gasteiger partial charge is 0.339 e. The number of fused-ring (bicyclic) bond motifs is 1. The lowest BCUT2D eigenvalue weighted by Crippen LogP contribution is -2.56. The van der Waals surface area contributed by atoms with Gasteiger partial charge in [0, 0.05) is 43.5 Å². The van der Waals surface area contributed by atoms with Crippen molar-refractivity contribution in [2.45, 2.75) is 38.3 Å². The van der Waals surface area contributed by atoms with Gasteiger partial charge in [-0.25, -0.2) is 0 Å². The molecular weight excluding hydrogens is 354 g/mol. The van der Waals surface area contributed by atoms with Gasteiger partial charge in [-0.3, -0.25) is 9.69 Å². The van der Waals surface area contributed by atoms with Gasteiger partial charge in [0.15, 0.2) is 0 Å². The molecular formula is C22H25N3OS. The number of nitrogens with zero attached hydrogens (tertiary/aromatic N) is 3. The Morgan fingerprint density at radius 2 is 2.07 bits per heavy atom. The van der Waals surface area contributed by atoms with E-state index in [9.17, 15) is 10.1 Å². The molecule has 2 fully saturated rings. The van der Waals surface area contributed by atoms with Gasteiger partial charge in [0.25, 0.3) is 0 Å². The number of piperidine rings is 2. The van der Waals surface area contributed by atoms with Crippen LogP contribution in [0.25, 0.3) is 0 Å². The summed E-state index contributed by atoms with van der Waals surface area (Å²) in [6.07, 6.45) is 3.67. The van der Waals surface area contributed by atoms with E-state index in [0.29, 0.717) is 24.3 Å². The fourth-order valence-electron chi connectivity index (χ4n) is 4.55. The maximum Gasteiger partial charge on any atom is 0.222 e. The molecule has 1 aromatic heterocycles. The van der Waals surface area contributed by atoms with Crippen LogP contribution in [0.1, 0.15) is 35.3 Å². The molecule has 1 amide bonds. The van der Waals surface area contributed by atoms with E-state index in [1.54, 1.807) is 11.3 Å². The number of hydrogen-bond acceptors (Lipinski definition) is 4. The third kappa shape index (κ3) is 4.07. The number of nitriles is 1. The number of benzene rings is 1. The van der Waals surface area contributed by atoms with Crippen molar-refractivity contribution < 1.29 is 4.79 Å². The summed E-state index contributed by atoms with van der Waals surface area (Å²) in [4.78, 5) is 18.5. The molecule has 0 aliphatic carbocycles. The molecule has 27 heavy (non-hydrogen) atoms. The van der Waals surface area contributed by atoms with Crippen LogP contribution in [0.4, 0.5) is 0 Å². The number of carbonyl (C=O) groups is 1. The zero-order valence-electron chi connectivity index (χ0n) is 15.5. The fraction of sp³-hybridized carbons (Fsp3) is 0.455. The van der Waals surface area contributed by atoms with Crippen molar-refractivity contribution >= 4 is 17.2 Å². The maximum atomic E-state index is 12.5. The number of amides is 1. The van der Waals surface area contributed by atoms with E-state index in [2.05, 4.69) is 39.4 Å². The van der Waals surface area contributed by atoms with Gasteiger partial charge in [0.2, 0.25) is 5.91 Å². The molecule has 0 bridgehead atoms. The molecule has 4 nitrogen and oxygen atoms in total. The summed E-state index contributed by atoms with van der Waals surface area (Å²) in [5, 5.41) is 11.4. The minimum atomic E-state index is 0.330. The Morgan fingerprint density at radius 1 is 1.19 bits per heavy atom. The maximum absolute atomic E-state index is 12.5. The van der Waals surface area contributed by atoms with Crippen LogP contribution in [0.3, 0.4) is 0 Å². The first-order valence-corrected chi connectivity index (χ1v) is 10.6. The van der Waals surface area contributed by atoms with E-state index in [1.807, 2.05) is 18.2 Å². The van der Waals surface area contributed by atoms with Gasteiger partial charge >= 0.3 is 0 Å². The van der Waals surface area contributed by atoms with Gasteiger partial charge in [-0.15, -0.1) is 11.3 Å². The molecule has 2 saturated heterocycles. The van der Waals surface area contributed by atoms with Gasteiger partial charge in [0.05, 0.1) is 11.6 Å². The van der Waals surface area contributed by atoms with E-state index in [4.69, 9.17) is 0 Å². The van der Waals surface area contributed by atoms with Gasteiger partial charge in [0.1, 0.15) is 0 Å². The standard InChI is InChI=1S/C22H25N3OS/c23-14-17-4-1-2-5-18(17)15-24-11-10-21-19(16-24)7-8-22(26)25(21)12-9-20-6-3-13-27-20/h1-6,13,19,21H,7-12,15-16H2/t19-,21+/m0/s1. The van der Waals surface area contributed by atoms with Crippen molar-refractivity contribution in [2.24, 2.45) is 5.92 Å². The first-order valence-electron chi connectivity index (χ1n) is 9.77. The molecule has 0 radical (unpaired) electrons. The molecule has 4 rings (SSSR count). The molecule has 3 heterocycles. The van der Waals surface area contributed by atoms with E-state index < -0.39 is 0 Å². The van der Waals surface area contributed by atoms with Crippen LogP contribution < -0.4 is 0 Å². The van der Waals surface area contributed by atoms with Crippen LogP contribution in [-0.4, -0.2) is 41.4 Å². The topological polar surface area (TPSA) is 47.3 Å². The fourth-order valence-corrected chi connectivity index (χ4v) is 5.25. The Kier molecular flexibility index (Phi) is 5.56. The van der Waals surface area contributed by atoms with E-state index in [-0.39, 0.29) is 0 Å². The Hall–Kier alpha value is -2.16. The summed E-state index contributed by atoms with van der Waals surface area (Å²) in [6.45, 7) is 3.69. The molecule has 5 heteroatoms. The molecule has 2 aliphatic rings. The van der Waals surface area contributed by atoms with Crippen molar-refractivity contribution in [3.63, 3.8) is 0 Å². The van der Waals surface area contributed by atoms with Crippen molar-refractivity contribution in [2.75, 3.05) is 19.6 Å². The van der Waals surface area contributed by atoms with Gasteiger partial charge in [-0.2, -0.15) is 5.26 Å². The summed E-state index contributed by atoms with van der Waals surface area (Å²) < 4.78 is 0. The predicted molar refractivity (Wildman–Crippen MR) is 107 cm³/mol. The zero-order chi connectivity index (χ0) is 18.6. The Morgan fingerprint density at radius 3 is 2.89 bits per heavy atom. The number of likely N-dealkylation sites (tertiary alicyclic amines) is 2. The van der Waals surface area contributed by atoms with E-state index in [1.165, 1.54) is 4.88 Å². The van der Waals surface area contributed by atoms with Crippen LogP contribution >= 0.6 is 11.3 Å². The summed E-state index contributed by atoms with van der Waals surface area (Å²) in [7, 11) is 0. The second kappa shape index (κ2) is 8.24. The lowest BCUT2D eigenvalue weighted by molar-refractivity contribution is -0.141. The van der Waals surface area contributed by atoms with Crippen LogP contribution in [0.15, 0.2) is 41.8 Å². The summed E-state index contributed by atoms with van der Waals surface area (Å²) in [5.74, 6) is 0.880. The van der Waals surface area contributed by atoms with Gasteiger partial charge in [-0.05, 0) is 48.3 Å². The van der Waals surface area contributed by atoms with E-state index in [0.717, 1.165) is 56.6 Å². The lowest BCUT2D eigenvalue weighted by atomic mass is 9.83. The normalized spacial score (nSPS) is 23.1. The van der Waals surface area contributed by atoms with Crippen molar-refractivity contribution in [1.82, 2.24) is 9.80 Å². The molecule has 0 unspecified atom stereocenters.